The van der Waals surface area contributed by atoms with E-state index in [0.717, 1.165) is 5.56 Å². The zero-order chi connectivity index (χ0) is 11.6. The molecule has 5 heteroatoms. The molecule has 0 aliphatic heterocycles. The van der Waals surface area contributed by atoms with Gasteiger partial charge in [0.1, 0.15) is 5.75 Å². The third kappa shape index (κ3) is 3.89. The Hall–Kier alpha value is -0.460. The summed E-state index contributed by atoms with van der Waals surface area (Å²) in [4.78, 5) is 0. The number of ether oxygens (including phenoxy) is 1. The first-order valence-corrected chi connectivity index (χ1v) is 5.42. The summed E-state index contributed by atoms with van der Waals surface area (Å²) in [5.74, 6) is 0.144. The number of alkyl halides is 3. The van der Waals surface area contributed by atoms with E-state index in [-0.39, 0.29) is 5.75 Å². The normalized spacial score (nSPS) is 11.9. The van der Waals surface area contributed by atoms with Crippen molar-refractivity contribution < 1.29 is 17.9 Å². The van der Waals surface area contributed by atoms with Crippen molar-refractivity contribution in [1.82, 2.24) is 0 Å². The second-order valence-corrected chi connectivity index (χ2v) is 4.55. The largest absolute Gasteiger partial charge is 0.573 e. The summed E-state index contributed by atoms with van der Waals surface area (Å²) in [5, 5.41) is 0. The van der Waals surface area contributed by atoms with E-state index in [1.165, 1.54) is 6.07 Å². The minimum Gasteiger partial charge on any atom is -0.405 e. The second kappa shape index (κ2) is 4.59. The molecule has 15 heavy (non-hydrogen) atoms. The number of hydrogen-bond acceptors (Lipinski definition) is 1. The summed E-state index contributed by atoms with van der Waals surface area (Å²) in [7, 11) is 0. The fourth-order valence-corrected chi connectivity index (χ4v) is 1.73. The molecule has 0 spiro atoms. The van der Waals surface area contributed by atoms with Crippen molar-refractivity contribution in [1.29, 1.82) is 0 Å². The molecule has 0 aliphatic rings. The molecule has 0 aliphatic carbocycles. The molecule has 1 nitrogen and oxygen atoms in total. The SMILES string of the molecule is CC(C)c1ccc(OC(F)(F)F)c(I)c1. The Morgan fingerprint density at radius 2 is 1.87 bits per heavy atom. The Morgan fingerprint density at radius 1 is 1.27 bits per heavy atom. The Kier molecular flexibility index (Phi) is 3.86. The minimum atomic E-state index is -4.63. The molecule has 1 aromatic rings. The predicted octanol–water partition coefficient (Wildman–Crippen LogP) is 4.31. The van der Waals surface area contributed by atoms with E-state index in [0.29, 0.717) is 9.49 Å². The molecule has 1 rings (SSSR count). The summed E-state index contributed by atoms with van der Waals surface area (Å²) in [6.07, 6.45) is -4.63. The average Bonchev–Trinajstić information content (AvgIpc) is 2.05. The maximum absolute atomic E-state index is 12.0. The molecule has 0 heterocycles. The molecule has 0 saturated heterocycles. The average molecular weight is 330 g/mol. The first-order chi connectivity index (χ1) is 6.79. The van der Waals surface area contributed by atoms with Crippen LogP contribution in [0.5, 0.6) is 5.75 Å². The summed E-state index contributed by atoms with van der Waals surface area (Å²) >= 11 is 1.83. The van der Waals surface area contributed by atoms with Gasteiger partial charge in [0.2, 0.25) is 0 Å². The smallest absolute Gasteiger partial charge is 0.405 e. The van der Waals surface area contributed by atoms with Gasteiger partial charge in [-0.1, -0.05) is 19.9 Å². The van der Waals surface area contributed by atoms with Gasteiger partial charge in [-0.15, -0.1) is 13.2 Å². The van der Waals surface area contributed by atoms with Crippen LogP contribution in [0.3, 0.4) is 0 Å². The van der Waals surface area contributed by atoms with Gasteiger partial charge < -0.3 is 4.74 Å². The lowest BCUT2D eigenvalue weighted by Gasteiger charge is -2.12. The van der Waals surface area contributed by atoms with Crippen LogP contribution in [0.1, 0.15) is 25.3 Å². The molecule has 0 fully saturated rings. The second-order valence-electron chi connectivity index (χ2n) is 3.39. The Labute approximate surface area is 99.8 Å². The number of hydrogen-bond donors (Lipinski definition) is 0. The summed E-state index contributed by atoms with van der Waals surface area (Å²) in [6.45, 7) is 3.96. The van der Waals surface area contributed by atoms with E-state index in [1.807, 2.05) is 36.4 Å². The van der Waals surface area contributed by atoms with Gasteiger partial charge in [-0.05, 0) is 46.2 Å². The molecular weight excluding hydrogens is 320 g/mol. The van der Waals surface area contributed by atoms with Gasteiger partial charge in [0.25, 0.3) is 0 Å². The van der Waals surface area contributed by atoms with Crippen LogP contribution in [0.15, 0.2) is 18.2 Å². The molecule has 0 N–H and O–H groups in total. The maximum atomic E-state index is 12.0. The molecule has 84 valence electrons. The highest BCUT2D eigenvalue weighted by atomic mass is 127. The van der Waals surface area contributed by atoms with Crippen LogP contribution < -0.4 is 4.74 Å². The highest BCUT2D eigenvalue weighted by Gasteiger charge is 2.31. The van der Waals surface area contributed by atoms with Crippen molar-refractivity contribution >= 4 is 22.6 Å². The van der Waals surface area contributed by atoms with Crippen LogP contribution in [0.4, 0.5) is 13.2 Å². The van der Waals surface area contributed by atoms with Gasteiger partial charge in [0.05, 0.1) is 3.57 Å². The molecule has 0 aromatic heterocycles. The van der Waals surface area contributed by atoms with Gasteiger partial charge in [0.15, 0.2) is 0 Å². The van der Waals surface area contributed by atoms with Crippen molar-refractivity contribution in [2.45, 2.75) is 26.1 Å². The lowest BCUT2D eigenvalue weighted by atomic mass is 10.0. The topological polar surface area (TPSA) is 9.23 Å². The number of rotatable bonds is 2. The molecule has 1 aromatic carbocycles. The minimum absolute atomic E-state index is 0.146. The molecular formula is C10H10F3IO. The summed E-state index contributed by atoms with van der Waals surface area (Å²) in [5.41, 5.74) is 0.994. The van der Waals surface area contributed by atoms with Gasteiger partial charge in [-0.2, -0.15) is 0 Å². The first-order valence-electron chi connectivity index (χ1n) is 4.35. The van der Waals surface area contributed by atoms with E-state index in [1.54, 1.807) is 12.1 Å². The third-order valence-electron chi connectivity index (χ3n) is 1.85. The number of benzene rings is 1. The van der Waals surface area contributed by atoms with Crippen LogP contribution in [-0.4, -0.2) is 6.36 Å². The predicted molar refractivity (Wildman–Crippen MR) is 59.9 cm³/mol. The van der Waals surface area contributed by atoms with Crippen LogP contribution in [0.2, 0.25) is 0 Å². The van der Waals surface area contributed by atoms with Crippen LogP contribution in [-0.2, 0) is 0 Å². The van der Waals surface area contributed by atoms with E-state index >= 15 is 0 Å². The quantitative estimate of drug-likeness (QED) is 0.734. The molecule has 0 atom stereocenters. The molecule has 0 bridgehead atoms. The lowest BCUT2D eigenvalue weighted by molar-refractivity contribution is -0.274. The van der Waals surface area contributed by atoms with Crippen LogP contribution in [0.25, 0.3) is 0 Å². The fraction of sp³-hybridized carbons (Fsp3) is 0.400. The first kappa shape index (κ1) is 12.6. The zero-order valence-electron chi connectivity index (χ0n) is 8.23. The third-order valence-corrected chi connectivity index (χ3v) is 2.69. The summed E-state index contributed by atoms with van der Waals surface area (Å²) < 4.78 is 40.2. The van der Waals surface area contributed by atoms with E-state index in [2.05, 4.69) is 4.74 Å². The lowest BCUT2D eigenvalue weighted by Crippen LogP contribution is -2.17. The number of halogens is 4. The Morgan fingerprint density at radius 3 is 2.27 bits per heavy atom. The van der Waals surface area contributed by atoms with Crippen LogP contribution in [0, 0.1) is 3.57 Å². The molecule has 0 radical (unpaired) electrons. The van der Waals surface area contributed by atoms with E-state index in [4.69, 9.17) is 0 Å². The van der Waals surface area contributed by atoms with E-state index < -0.39 is 6.36 Å². The van der Waals surface area contributed by atoms with Gasteiger partial charge in [-0.3, -0.25) is 0 Å². The molecule has 0 amide bonds. The van der Waals surface area contributed by atoms with Crippen molar-refractivity contribution in [3.05, 3.63) is 27.3 Å². The van der Waals surface area contributed by atoms with Crippen molar-refractivity contribution in [3.63, 3.8) is 0 Å². The summed E-state index contributed by atoms with van der Waals surface area (Å²) in [6, 6.07) is 4.70. The highest BCUT2D eigenvalue weighted by molar-refractivity contribution is 14.1. The fourth-order valence-electron chi connectivity index (χ4n) is 1.08. The standard InChI is InChI=1S/C10H10F3IO/c1-6(2)7-3-4-9(8(14)5-7)15-10(11,12)13/h3-6H,1-2H3. The van der Waals surface area contributed by atoms with Crippen molar-refractivity contribution in [3.8, 4) is 5.75 Å². The van der Waals surface area contributed by atoms with Gasteiger partial charge >= 0.3 is 6.36 Å². The maximum Gasteiger partial charge on any atom is 0.573 e. The Balaban J connectivity index is 2.94. The monoisotopic (exact) mass is 330 g/mol. The highest BCUT2D eigenvalue weighted by Crippen LogP contribution is 2.29. The van der Waals surface area contributed by atoms with Gasteiger partial charge in [-0.25, -0.2) is 0 Å². The van der Waals surface area contributed by atoms with Crippen LogP contribution >= 0.6 is 22.6 Å². The molecule has 0 unspecified atom stereocenters. The van der Waals surface area contributed by atoms with E-state index in [9.17, 15) is 13.2 Å². The van der Waals surface area contributed by atoms with Crippen molar-refractivity contribution in [2.75, 3.05) is 0 Å². The van der Waals surface area contributed by atoms with Gasteiger partial charge in [0, 0.05) is 0 Å². The molecule has 0 saturated carbocycles. The Bertz CT molecular complexity index is 347. The van der Waals surface area contributed by atoms with Crippen molar-refractivity contribution in [2.24, 2.45) is 0 Å². The zero-order valence-corrected chi connectivity index (χ0v) is 10.4.